The van der Waals surface area contributed by atoms with E-state index in [0.717, 1.165) is 5.69 Å². The van der Waals surface area contributed by atoms with E-state index in [1.807, 2.05) is 12.1 Å². The second-order valence-electron chi connectivity index (χ2n) is 6.67. The first kappa shape index (κ1) is 25.9. The summed E-state index contributed by atoms with van der Waals surface area (Å²) in [5.41, 5.74) is 2.10. The molecule has 0 unspecified atom stereocenters. The number of sulfonamides is 1. The van der Waals surface area contributed by atoms with Gasteiger partial charge in [-0.2, -0.15) is 13.2 Å². The number of alkyl halides is 3. The molecule has 0 saturated heterocycles. The van der Waals surface area contributed by atoms with Gasteiger partial charge in [0.2, 0.25) is 10.0 Å². The molecule has 2 aromatic heterocycles. The fourth-order valence-corrected chi connectivity index (χ4v) is 3.56. The number of anilines is 2. The molecular weight excluding hydrogens is 513 g/mol. The van der Waals surface area contributed by atoms with E-state index < -0.39 is 22.2 Å². The molecule has 35 heavy (non-hydrogen) atoms. The van der Waals surface area contributed by atoms with Crippen molar-refractivity contribution in [3.63, 3.8) is 0 Å². The minimum Gasteiger partial charge on any atom is -0.475 e. The van der Waals surface area contributed by atoms with Gasteiger partial charge in [-0.15, -0.1) is 0 Å². The van der Waals surface area contributed by atoms with E-state index in [9.17, 15) is 21.6 Å². The van der Waals surface area contributed by atoms with Crippen LogP contribution in [-0.4, -0.2) is 52.2 Å². The van der Waals surface area contributed by atoms with Crippen LogP contribution >= 0.6 is 11.6 Å². The molecule has 184 valence electrons. The average Bonchev–Trinajstić information content (AvgIpc) is 3.24. The summed E-state index contributed by atoms with van der Waals surface area (Å²) < 4.78 is 60.0. The molecule has 0 fully saturated rings. The molecule has 0 aliphatic heterocycles. The van der Waals surface area contributed by atoms with E-state index in [1.54, 1.807) is 41.2 Å². The number of fused-ring (bicyclic) bond motifs is 1. The first-order valence-electron chi connectivity index (χ1n) is 9.46. The molecule has 3 N–H and O–H groups in total. The number of carboxylic acids is 1. The summed E-state index contributed by atoms with van der Waals surface area (Å²) >= 11 is 5.91. The van der Waals surface area contributed by atoms with E-state index in [4.69, 9.17) is 21.5 Å². The number of imidazole rings is 1. The quantitative estimate of drug-likeness (QED) is 0.356. The van der Waals surface area contributed by atoms with Crippen molar-refractivity contribution >= 4 is 50.1 Å². The van der Waals surface area contributed by atoms with Gasteiger partial charge >= 0.3 is 12.1 Å². The van der Waals surface area contributed by atoms with Crippen molar-refractivity contribution in [1.29, 1.82) is 0 Å². The van der Waals surface area contributed by atoms with Crippen molar-refractivity contribution in [2.24, 2.45) is 0 Å². The van der Waals surface area contributed by atoms with E-state index in [1.165, 1.54) is 19.4 Å². The molecule has 0 saturated carbocycles. The monoisotopic (exact) mass is 528 g/mol. The Morgan fingerprint density at radius 1 is 1.06 bits per heavy atom. The van der Waals surface area contributed by atoms with E-state index in [-0.39, 0.29) is 4.90 Å². The first-order valence-corrected chi connectivity index (χ1v) is 11.3. The molecule has 0 aliphatic carbocycles. The molecule has 0 amide bonds. The second-order valence-corrected chi connectivity index (χ2v) is 8.99. The summed E-state index contributed by atoms with van der Waals surface area (Å²) in [5, 5.41) is 10.9. The maximum Gasteiger partial charge on any atom is 0.490 e. The standard InChI is InChI=1S/C18H15ClN6O2S.C2HF3O2/c1-20-28(26,27)14-6-7-15-16(8-14)25(11-23-15)18-9-17(21-10-22-18)24-13-4-2-12(19)3-5-13;3-2(4,5)1(6)7/h2-11,20H,1H3,(H,21,22,24);(H,6,7). The van der Waals surface area contributed by atoms with Crippen LogP contribution in [0.5, 0.6) is 0 Å². The predicted molar refractivity (Wildman–Crippen MR) is 121 cm³/mol. The Bertz CT molecular complexity index is 1460. The molecule has 0 spiro atoms. The molecular formula is C20H16ClF3N6O4S. The molecule has 0 bridgehead atoms. The van der Waals surface area contributed by atoms with Gasteiger partial charge in [0.15, 0.2) is 0 Å². The van der Waals surface area contributed by atoms with Crippen LogP contribution in [0.3, 0.4) is 0 Å². The zero-order valence-electron chi connectivity index (χ0n) is 17.7. The van der Waals surface area contributed by atoms with Crippen LogP contribution in [0.4, 0.5) is 24.7 Å². The summed E-state index contributed by atoms with van der Waals surface area (Å²) in [6.45, 7) is 0. The third kappa shape index (κ3) is 6.44. The van der Waals surface area contributed by atoms with Crippen molar-refractivity contribution in [2.75, 3.05) is 12.4 Å². The summed E-state index contributed by atoms with van der Waals surface area (Å²) in [5.74, 6) is -1.63. The Morgan fingerprint density at radius 3 is 2.31 bits per heavy atom. The average molecular weight is 529 g/mol. The highest BCUT2D eigenvalue weighted by atomic mass is 35.5. The van der Waals surface area contributed by atoms with Crippen LogP contribution in [0.25, 0.3) is 16.9 Å². The number of nitrogens with one attached hydrogen (secondary N) is 2. The zero-order valence-corrected chi connectivity index (χ0v) is 19.2. The normalized spacial score (nSPS) is 11.6. The summed E-state index contributed by atoms with van der Waals surface area (Å²) in [7, 11) is -2.19. The van der Waals surface area contributed by atoms with Gasteiger partial charge in [0.05, 0.1) is 15.9 Å². The van der Waals surface area contributed by atoms with Gasteiger partial charge in [-0.3, -0.25) is 4.57 Å². The maximum absolute atomic E-state index is 12.1. The number of nitrogens with zero attached hydrogens (tertiary/aromatic N) is 4. The lowest BCUT2D eigenvalue weighted by Gasteiger charge is -2.09. The number of halogens is 4. The largest absolute Gasteiger partial charge is 0.490 e. The highest BCUT2D eigenvalue weighted by Gasteiger charge is 2.38. The van der Waals surface area contributed by atoms with Gasteiger partial charge < -0.3 is 10.4 Å². The second kappa shape index (κ2) is 10.2. The molecule has 15 heteroatoms. The molecule has 4 aromatic rings. The Balaban J connectivity index is 0.000000429. The molecule has 2 heterocycles. The fourth-order valence-electron chi connectivity index (χ4n) is 2.68. The minimum absolute atomic E-state index is 0.151. The number of carbonyl (C=O) groups is 1. The Hall–Kier alpha value is -3.75. The molecule has 0 radical (unpaired) electrons. The molecule has 2 aromatic carbocycles. The molecule has 4 rings (SSSR count). The summed E-state index contributed by atoms with van der Waals surface area (Å²) in [6, 6.07) is 13.7. The van der Waals surface area contributed by atoms with Crippen LogP contribution in [-0.2, 0) is 14.8 Å². The zero-order chi connectivity index (χ0) is 25.8. The number of aliphatic carboxylic acids is 1. The van der Waals surface area contributed by atoms with Crippen molar-refractivity contribution in [2.45, 2.75) is 11.1 Å². The van der Waals surface area contributed by atoms with Crippen LogP contribution in [0, 0.1) is 0 Å². The third-order valence-corrected chi connectivity index (χ3v) is 6.02. The van der Waals surface area contributed by atoms with Crippen molar-refractivity contribution in [3.8, 4) is 5.82 Å². The number of aromatic nitrogens is 4. The minimum atomic E-state index is -5.08. The van der Waals surface area contributed by atoms with Gasteiger partial charge in [0.1, 0.15) is 24.3 Å². The molecule has 0 atom stereocenters. The first-order chi connectivity index (χ1) is 16.4. The van der Waals surface area contributed by atoms with E-state index >= 15 is 0 Å². The van der Waals surface area contributed by atoms with Crippen LogP contribution in [0.15, 0.2) is 66.1 Å². The lowest BCUT2D eigenvalue weighted by molar-refractivity contribution is -0.192. The highest BCUT2D eigenvalue weighted by molar-refractivity contribution is 7.89. The Labute approximate surface area is 201 Å². The number of hydrogen-bond acceptors (Lipinski definition) is 7. The lowest BCUT2D eigenvalue weighted by Crippen LogP contribution is -2.21. The van der Waals surface area contributed by atoms with Gasteiger partial charge in [-0.25, -0.2) is 32.9 Å². The van der Waals surface area contributed by atoms with Crippen molar-refractivity contribution < 1.29 is 31.5 Å². The highest BCUT2D eigenvalue weighted by Crippen LogP contribution is 2.23. The molecule has 0 aliphatic rings. The smallest absolute Gasteiger partial charge is 0.475 e. The Kier molecular flexibility index (Phi) is 7.57. The van der Waals surface area contributed by atoms with Crippen molar-refractivity contribution in [1.82, 2.24) is 24.2 Å². The molecule has 10 nitrogen and oxygen atoms in total. The maximum atomic E-state index is 12.1. The van der Waals surface area contributed by atoms with Gasteiger partial charge in [-0.05, 0) is 49.5 Å². The SMILES string of the molecule is CNS(=O)(=O)c1ccc2ncn(-c3cc(Nc4ccc(Cl)cc4)ncn3)c2c1.O=C(O)C(F)(F)F. The number of carboxylic acid groups (broad SMARTS) is 1. The van der Waals surface area contributed by atoms with Gasteiger partial charge in [-0.1, -0.05) is 11.6 Å². The fraction of sp³-hybridized carbons (Fsp3) is 0.100. The van der Waals surface area contributed by atoms with Crippen molar-refractivity contribution in [3.05, 3.63) is 66.2 Å². The van der Waals surface area contributed by atoms with Crippen LogP contribution < -0.4 is 10.0 Å². The van der Waals surface area contributed by atoms with E-state index in [2.05, 4.69) is 25.0 Å². The summed E-state index contributed by atoms with van der Waals surface area (Å²) in [4.78, 5) is 21.9. The third-order valence-electron chi connectivity index (χ3n) is 4.36. The Morgan fingerprint density at radius 2 is 1.71 bits per heavy atom. The van der Waals surface area contributed by atoms with E-state index in [0.29, 0.717) is 27.7 Å². The van der Waals surface area contributed by atoms with Crippen LogP contribution in [0.2, 0.25) is 5.02 Å². The summed E-state index contributed by atoms with van der Waals surface area (Å²) in [6.07, 6.45) is -2.07. The number of rotatable bonds is 5. The topological polar surface area (TPSA) is 139 Å². The predicted octanol–water partition coefficient (Wildman–Crippen LogP) is 3.75. The number of benzene rings is 2. The van der Waals surface area contributed by atoms with Gasteiger partial charge in [0, 0.05) is 16.8 Å². The van der Waals surface area contributed by atoms with Gasteiger partial charge in [0.25, 0.3) is 0 Å². The van der Waals surface area contributed by atoms with Crippen LogP contribution in [0.1, 0.15) is 0 Å². The number of hydrogen-bond donors (Lipinski definition) is 3. The lowest BCUT2D eigenvalue weighted by atomic mass is 10.3.